The minimum atomic E-state index is -0.704. The van der Waals surface area contributed by atoms with Crippen LogP contribution in [0.1, 0.15) is 31.1 Å². The normalized spacial score (nSPS) is 12.9. The van der Waals surface area contributed by atoms with Gasteiger partial charge in [-0.25, -0.2) is 0 Å². The molecule has 6 nitrogen and oxygen atoms in total. The zero-order chi connectivity index (χ0) is 18.4. The number of thiazole rings is 1. The third-order valence-corrected chi connectivity index (χ3v) is 4.46. The number of aryl methyl sites for hydroxylation is 1. The summed E-state index contributed by atoms with van der Waals surface area (Å²) in [6.45, 7) is 6.07. The van der Waals surface area contributed by atoms with E-state index in [0.29, 0.717) is 22.7 Å². The van der Waals surface area contributed by atoms with Crippen LogP contribution >= 0.6 is 11.3 Å². The maximum atomic E-state index is 12.6. The van der Waals surface area contributed by atoms with Gasteiger partial charge in [-0.15, -0.1) is 11.3 Å². The van der Waals surface area contributed by atoms with Gasteiger partial charge in [0.15, 0.2) is 4.80 Å². The second-order valence-electron chi connectivity index (χ2n) is 5.87. The first-order valence-corrected chi connectivity index (χ1v) is 9.03. The molecule has 1 aromatic heterocycles. The fourth-order valence-electron chi connectivity index (χ4n) is 2.27. The summed E-state index contributed by atoms with van der Waals surface area (Å²) in [7, 11) is 1.82. The highest BCUT2D eigenvalue weighted by Crippen LogP contribution is 2.18. The fourth-order valence-corrected chi connectivity index (χ4v) is 3.00. The topological polar surface area (TPSA) is 72.7 Å². The molecule has 0 radical (unpaired) electrons. The molecule has 1 unspecified atom stereocenters. The Morgan fingerprint density at radius 1 is 1.32 bits per heavy atom. The maximum absolute atomic E-state index is 12.6. The second-order valence-corrected chi connectivity index (χ2v) is 6.74. The SMILES string of the molecule is CCOc1ccccc1C(=O)NC(C(=O)N=c1sccn1C)C(C)C. The fraction of sp³-hybridized carbons (Fsp3) is 0.389. The summed E-state index contributed by atoms with van der Waals surface area (Å²) in [6.07, 6.45) is 1.83. The van der Waals surface area contributed by atoms with Crippen LogP contribution in [0.25, 0.3) is 0 Å². The van der Waals surface area contributed by atoms with E-state index in [0.717, 1.165) is 0 Å². The third-order valence-electron chi connectivity index (χ3n) is 3.62. The van der Waals surface area contributed by atoms with Gasteiger partial charge in [-0.05, 0) is 25.0 Å². The Balaban J connectivity index is 2.24. The third kappa shape index (κ3) is 4.79. The van der Waals surface area contributed by atoms with Crippen molar-refractivity contribution in [2.75, 3.05) is 6.61 Å². The number of hydrogen-bond acceptors (Lipinski definition) is 4. The van der Waals surface area contributed by atoms with Crippen molar-refractivity contribution in [3.05, 3.63) is 46.2 Å². The van der Waals surface area contributed by atoms with Crippen molar-refractivity contribution < 1.29 is 14.3 Å². The number of amides is 2. The number of carbonyl (C=O) groups excluding carboxylic acids is 2. The van der Waals surface area contributed by atoms with Crippen LogP contribution in [0, 0.1) is 5.92 Å². The zero-order valence-corrected chi connectivity index (χ0v) is 15.7. The number of para-hydroxylation sites is 1. The average Bonchev–Trinajstić information content (AvgIpc) is 2.97. The molecular formula is C18H23N3O3S. The predicted molar refractivity (Wildman–Crippen MR) is 97.6 cm³/mol. The highest BCUT2D eigenvalue weighted by atomic mass is 32.1. The second kappa shape index (κ2) is 8.62. The lowest BCUT2D eigenvalue weighted by Gasteiger charge is -2.19. The van der Waals surface area contributed by atoms with Gasteiger partial charge < -0.3 is 14.6 Å². The van der Waals surface area contributed by atoms with Crippen LogP contribution in [0.4, 0.5) is 0 Å². The van der Waals surface area contributed by atoms with Crippen LogP contribution < -0.4 is 14.9 Å². The number of hydrogen-bond donors (Lipinski definition) is 1. The standard InChI is InChI=1S/C18H23N3O3S/c1-5-24-14-9-7-6-8-13(14)16(22)19-15(12(2)3)17(23)20-18-21(4)10-11-25-18/h6-12,15H,5H2,1-4H3,(H,19,22). The van der Waals surface area contributed by atoms with Crippen LogP contribution in [-0.4, -0.2) is 29.0 Å². The Labute approximate surface area is 151 Å². The van der Waals surface area contributed by atoms with Gasteiger partial charge in [-0.1, -0.05) is 26.0 Å². The first-order valence-electron chi connectivity index (χ1n) is 8.15. The molecule has 0 aliphatic heterocycles. The maximum Gasteiger partial charge on any atom is 0.271 e. The van der Waals surface area contributed by atoms with E-state index >= 15 is 0 Å². The van der Waals surface area contributed by atoms with Crippen molar-refractivity contribution in [1.29, 1.82) is 0 Å². The van der Waals surface area contributed by atoms with Gasteiger partial charge in [-0.3, -0.25) is 9.59 Å². The van der Waals surface area contributed by atoms with Crippen LogP contribution in [0.2, 0.25) is 0 Å². The molecule has 1 aromatic carbocycles. The van der Waals surface area contributed by atoms with Crippen LogP contribution in [0.3, 0.4) is 0 Å². The number of benzene rings is 1. The molecule has 0 saturated heterocycles. The Morgan fingerprint density at radius 3 is 2.64 bits per heavy atom. The van der Waals surface area contributed by atoms with E-state index in [4.69, 9.17) is 4.74 Å². The van der Waals surface area contributed by atoms with E-state index in [9.17, 15) is 9.59 Å². The summed E-state index contributed by atoms with van der Waals surface area (Å²) in [5.74, 6) is -0.305. The lowest BCUT2D eigenvalue weighted by molar-refractivity contribution is -0.120. The van der Waals surface area contributed by atoms with E-state index in [-0.39, 0.29) is 17.7 Å². The Kier molecular flexibility index (Phi) is 6.52. The van der Waals surface area contributed by atoms with Gasteiger partial charge in [0.05, 0.1) is 12.2 Å². The van der Waals surface area contributed by atoms with Gasteiger partial charge in [0, 0.05) is 18.6 Å². The number of ether oxygens (including phenoxy) is 1. The smallest absolute Gasteiger partial charge is 0.271 e. The molecule has 0 aliphatic rings. The molecule has 2 amide bonds. The van der Waals surface area contributed by atoms with Crippen molar-refractivity contribution in [2.45, 2.75) is 26.8 Å². The van der Waals surface area contributed by atoms with E-state index in [1.165, 1.54) is 11.3 Å². The first-order chi connectivity index (χ1) is 11.9. The minimum absolute atomic E-state index is 0.0928. The molecule has 0 fully saturated rings. The largest absolute Gasteiger partial charge is 0.493 e. The quantitative estimate of drug-likeness (QED) is 0.858. The molecule has 0 saturated carbocycles. The van der Waals surface area contributed by atoms with E-state index < -0.39 is 6.04 Å². The van der Waals surface area contributed by atoms with Crippen molar-refractivity contribution in [1.82, 2.24) is 9.88 Å². The van der Waals surface area contributed by atoms with Gasteiger partial charge in [0.2, 0.25) is 0 Å². The Bertz CT molecular complexity index is 808. The summed E-state index contributed by atoms with van der Waals surface area (Å²) >= 11 is 1.37. The molecule has 7 heteroatoms. The van der Waals surface area contributed by atoms with Crippen molar-refractivity contribution >= 4 is 23.2 Å². The number of carbonyl (C=O) groups is 2. The van der Waals surface area contributed by atoms with Gasteiger partial charge in [-0.2, -0.15) is 4.99 Å². The summed E-state index contributed by atoms with van der Waals surface area (Å²) in [6, 6.07) is 6.28. The monoisotopic (exact) mass is 361 g/mol. The molecule has 1 N–H and O–H groups in total. The van der Waals surface area contributed by atoms with Gasteiger partial charge in [0.25, 0.3) is 11.8 Å². The van der Waals surface area contributed by atoms with E-state index in [2.05, 4.69) is 10.3 Å². The molecular weight excluding hydrogens is 338 g/mol. The number of aromatic nitrogens is 1. The van der Waals surface area contributed by atoms with E-state index in [1.807, 2.05) is 39.4 Å². The number of rotatable bonds is 6. The van der Waals surface area contributed by atoms with Gasteiger partial charge in [0.1, 0.15) is 11.8 Å². The molecule has 1 atom stereocenters. The first kappa shape index (κ1) is 18.9. The number of nitrogens with one attached hydrogen (secondary N) is 1. The highest BCUT2D eigenvalue weighted by molar-refractivity contribution is 7.07. The summed E-state index contributed by atoms with van der Waals surface area (Å²) < 4.78 is 7.26. The predicted octanol–water partition coefficient (Wildman–Crippen LogP) is 2.37. The summed E-state index contributed by atoms with van der Waals surface area (Å²) in [5.41, 5.74) is 0.407. The van der Waals surface area contributed by atoms with Crippen molar-refractivity contribution in [3.63, 3.8) is 0 Å². The Hall–Kier alpha value is -2.41. The molecule has 0 aliphatic carbocycles. The van der Waals surface area contributed by atoms with Crippen molar-refractivity contribution in [3.8, 4) is 5.75 Å². The van der Waals surface area contributed by atoms with Crippen LogP contribution in [0.15, 0.2) is 40.8 Å². The van der Waals surface area contributed by atoms with Crippen molar-refractivity contribution in [2.24, 2.45) is 18.0 Å². The lowest BCUT2D eigenvalue weighted by Crippen LogP contribution is -2.44. The molecule has 2 rings (SSSR count). The van der Waals surface area contributed by atoms with Gasteiger partial charge >= 0.3 is 0 Å². The molecule has 2 aromatic rings. The molecule has 0 bridgehead atoms. The number of nitrogens with zero attached hydrogens (tertiary/aromatic N) is 2. The summed E-state index contributed by atoms with van der Waals surface area (Å²) in [5, 5.41) is 4.65. The minimum Gasteiger partial charge on any atom is -0.493 e. The lowest BCUT2D eigenvalue weighted by atomic mass is 10.0. The molecule has 1 heterocycles. The van der Waals surface area contributed by atoms with Crippen LogP contribution in [0.5, 0.6) is 5.75 Å². The van der Waals surface area contributed by atoms with E-state index in [1.54, 1.807) is 28.8 Å². The average molecular weight is 361 g/mol. The molecule has 0 spiro atoms. The highest BCUT2D eigenvalue weighted by Gasteiger charge is 2.25. The Morgan fingerprint density at radius 2 is 2.04 bits per heavy atom. The summed E-state index contributed by atoms with van der Waals surface area (Å²) in [4.78, 5) is 29.9. The molecule has 134 valence electrons. The molecule has 25 heavy (non-hydrogen) atoms. The van der Waals surface area contributed by atoms with Crippen LogP contribution in [-0.2, 0) is 11.8 Å². The zero-order valence-electron chi connectivity index (χ0n) is 14.9.